The number of hydrogen-bond acceptors (Lipinski definition) is 5. The first-order chi connectivity index (χ1) is 8.65. The highest BCUT2D eigenvalue weighted by Gasteiger charge is 2.14. The quantitative estimate of drug-likeness (QED) is 0.561. The number of rotatable bonds is 8. The predicted octanol–water partition coefficient (Wildman–Crippen LogP) is 1.68. The highest BCUT2D eigenvalue weighted by atomic mass is 32.1. The monoisotopic (exact) mass is 286 g/mol. The molecule has 1 amide bonds. The number of aryl methyl sites for hydroxylation is 1. The van der Waals surface area contributed by atoms with Gasteiger partial charge in [-0.05, 0) is 37.2 Å². The topological polar surface area (TPSA) is 80.9 Å². The summed E-state index contributed by atoms with van der Waals surface area (Å²) in [6.45, 7) is 2.68. The molecule has 0 saturated carbocycles. The Labute approximate surface area is 116 Å². The lowest BCUT2D eigenvalue weighted by Crippen LogP contribution is -2.24. The van der Waals surface area contributed by atoms with Crippen LogP contribution in [0.1, 0.15) is 48.0 Å². The van der Waals surface area contributed by atoms with Crippen molar-refractivity contribution in [1.82, 2.24) is 14.9 Å². The van der Waals surface area contributed by atoms with E-state index in [2.05, 4.69) is 21.8 Å². The lowest BCUT2D eigenvalue weighted by Gasteiger charge is -2.04. The van der Waals surface area contributed by atoms with Crippen LogP contribution in [0.15, 0.2) is 0 Å². The minimum Gasteiger partial charge on any atom is -0.393 e. The molecular formula is C11H18N4OS2. The lowest BCUT2D eigenvalue weighted by atomic mass is 10.2. The molecule has 18 heavy (non-hydrogen) atoms. The fraction of sp³-hybridized carbons (Fsp3) is 0.636. The van der Waals surface area contributed by atoms with E-state index in [1.54, 1.807) is 0 Å². The van der Waals surface area contributed by atoms with Crippen LogP contribution in [-0.2, 0) is 6.42 Å². The SMILES string of the molecule is CCCc1nnsc1C(=O)NCCCCC(N)=S. The van der Waals surface area contributed by atoms with Gasteiger partial charge in [-0.25, -0.2) is 0 Å². The van der Waals surface area contributed by atoms with Gasteiger partial charge in [0.1, 0.15) is 4.88 Å². The first-order valence-electron chi connectivity index (χ1n) is 6.02. The van der Waals surface area contributed by atoms with Crippen molar-refractivity contribution in [2.24, 2.45) is 5.73 Å². The van der Waals surface area contributed by atoms with Crippen LogP contribution in [0.3, 0.4) is 0 Å². The largest absolute Gasteiger partial charge is 0.393 e. The fourth-order valence-electron chi connectivity index (χ4n) is 1.49. The highest BCUT2D eigenvalue weighted by molar-refractivity contribution is 7.80. The minimum atomic E-state index is -0.0798. The van der Waals surface area contributed by atoms with E-state index < -0.39 is 0 Å². The normalized spacial score (nSPS) is 10.3. The molecule has 0 aromatic carbocycles. The zero-order chi connectivity index (χ0) is 13.4. The minimum absolute atomic E-state index is 0.0798. The molecule has 0 saturated heterocycles. The first-order valence-corrected chi connectivity index (χ1v) is 7.21. The Kier molecular flexibility index (Phi) is 6.74. The standard InChI is InChI=1S/C11H18N4OS2/c1-2-5-8-10(18-15-14-8)11(16)13-7-4-3-6-9(12)17/h2-7H2,1H3,(H2,12,17)(H,13,16). The molecule has 0 radical (unpaired) electrons. The van der Waals surface area contributed by atoms with Crippen molar-refractivity contribution in [3.63, 3.8) is 0 Å². The number of hydrogen-bond donors (Lipinski definition) is 2. The van der Waals surface area contributed by atoms with E-state index in [9.17, 15) is 4.79 Å². The zero-order valence-corrected chi connectivity index (χ0v) is 12.1. The van der Waals surface area contributed by atoms with Gasteiger partial charge in [0.25, 0.3) is 5.91 Å². The average molecular weight is 286 g/mol. The fourth-order valence-corrected chi connectivity index (χ4v) is 2.26. The molecule has 1 heterocycles. The molecule has 5 nitrogen and oxygen atoms in total. The number of nitrogens with one attached hydrogen (secondary N) is 1. The second-order valence-electron chi connectivity index (χ2n) is 3.98. The average Bonchev–Trinajstić information content (AvgIpc) is 2.77. The Hall–Kier alpha value is -1.08. The number of nitrogens with two attached hydrogens (primary N) is 1. The van der Waals surface area contributed by atoms with Gasteiger partial charge < -0.3 is 11.1 Å². The molecule has 1 aromatic heterocycles. The molecule has 0 bridgehead atoms. The predicted molar refractivity (Wildman–Crippen MR) is 76.9 cm³/mol. The van der Waals surface area contributed by atoms with Crippen molar-refractivity contribution in [2.45, 2.75) is 39.0 Å². The third-order valence-corrected chi connectivity index (χ3v) is 3.36. The van der Waals surface area contributed by atoms with Crippen LogP contribution in [0.25, 0.3) is 0 Å². The van der Waals surface area contributed by atoms with Crippen molar-refractivity contribution in [3.05, 3.63) is 10.6 Å². The van der Waals surface area contributed by atoms with Crippen molar-refractivity contribution in [1.29, 1.82) is 0 Å². The number of unbranched alkanes of at least 4 members (excludes halogenated alkanes) is 1. The van der Waals surface area contributed by atoms with Crippen LogP contribution in [0, 0.1) is 0 Å². The summed E-state index contributed by atoms with van der Waals surface area (Å²) in [7, 11) is 0. The van der Waals surface area contributed by atoms with Gasteiger partial charge >= 0.3 is 0 Å². The van der Waals surface area contributed by atoms with E-state index in [0.29, 0.717) is 16.4 Å². The second kappa shape index (κ2) is 8.10. The van der Waals surface area contributed by atoms with Crippen LogP contribution in [-0.4, -0.2) is 27.0 Å². The zero-order valence-electron chi connectivity index (χ0n) is 10.4. The van der Waals surface area contributed by atoms with Gasteiger partial charge in [-0.1, -0.05) is 30.1 Å². The highest BCUT2D eigenvalue weighted by Crippen LogP contribution is 2.12. The van der Waals surface area contributed by atoms with Gasteiger partial charge in [0, 0.05) is 6.54 Å². The van der Waals surface area contributed by atoms with Gasteiger partial charge in [0.05, 0.1) is 10.7 Å². The lowest BCUT2D eigenvalue weighted by molar-refractivity contribution is 0.0956. The molecule has 0 fully saturated rings. The number of aromatic nitrogens is 2. The van der Waals surface area contributed by atoms with E-state index in [0.717, 1.165) is 49.3 Å². The van der Waals surface area contributed by atoms with E-state index in [1.165, 1.54) is 0 Å². The molecule has 100 valence electrons. The molecular weight excluding hydrogens is 268 g/mol. The van der Waals surface area contributed by atoms with Crippen LogP contribution in [0.2, 0.25) is 0 Å². The van der Waals surface area contributed by atoms with Gasteiger partial charge in [0.15, 0.2) is 0 Å². The van der Waals surface area contributed by atoms with Crippen LogP contribution in [0.5, 0.6) is 0 Å². The van der Waals surface area contributed by atoms with E-state index in [1.807, 2.05) is 0 Å². The number of amides is 1. The summed E-state index contributed by atoms with van der Waals surface area (Å²) < 4.78 is 3.83. The third-order valence-electron chi connectivity index (χ3n) is 2.38. The van der Waals surface area contributed by atoms with Gasteiger partial charge in [-0.15, -0.1) is 5.10 Å². The molecule has 0 aliphatic carbocycles. The van der Waals surface area contributed by atoms with Crippen molar-refractivity contribution >= 4 is 34.6 Å². The van der Waals surface area contributed by atoms with Gasteiger partial charge in [-0.2, -0.15) is 0 Å². The Morgan fingerprint density at radius 2 is 2.28 bits per heavy atom. The van der Waals surface area contributed by atoms with Crippen molar-refractivity contribution in [2.75, 3.05) is 6.54 Å². The number of carbonyl (C=O) groups is 1. The smallest absolute Gasteiger partial charge is 0.264 e. The number of thiocarbonyl (C=S) groups is 1. The van der Waals surface area contributed by atoms with Crippen molar-refractivity contribution < 1.29 is 4.79 Å². The van der Waals surface area contributed by atoms with Gasteiger partial charge in [0.2, 0.25) is 0 Å². The van der Waals surface area contributed by atoms with E-state index in [-0.39, 0.29) is 5.91 Å². The summed E-state index contributed by atoms with van der Waals surface area (Å²) in [5.74, 6) is -0.0798. The summed E-state index contributed by atoms with van der Waals surface area (Å²) >= 11 is 5.94. The molecule has 0 aliphatic heterocycles. The molecule has 7 heteroatoms. The van der Waals surface area contributed by atoms with Crippen LogP contribution >= 0.6 is 23.8 Å². The van der Waals surface area contributed by atoms with Crippen LogP contribution in [0.4, 0.5) is 0 Å². The Morgan fingerprint density at radius 3 is 2.94 bits per heavy atom. The molecule has 1 rings (SSSR count). The Bertz CT molecular complexity index is 406. The molecule has 0 spiro atoms. The summed E-state index contributed by atoms with van der Waals surface area (Å²) in [5, 5.41) is 6.83. The molecule has 0 atom stereocenters. The third kappa shape index (κ3) is 5.05. The summed E-state index contributed by atoms with van der Waals surface area (Å²) in [5.41, 5.74) is 6.19. The summed E-state index contributed by atoms with van der Waals surface area (Å²) in [6.07, 6.45) is 4.26. The summed E-state index contributed by atoms with van der Waals surface area (Å²) in [4.78, 5) is 13.0. The summed E-state index contributed by atoms with van der Waals surface area (Å²) in [6, 6.07) is 0. The number of nitrogens with zero attached hydrogens (tertiary/aromatic N) is 2. The Morgan fingerprint density at radius 1 is 1.50 bits per heavy atom. The van der Waals surface area contributed by atoms with Crippen LogP contribution < -0.4 is 11.1 Å². The Balaban J connectivity index is 2.31. The maximum absolute atomic E-state index is 11.9. The first kappa shape index (κ1) is 15.0. The maximum atomic E-state index is 11.9. The number of carbonyl (C=O) groups excluding carboxylic acids is 1. The van der Waals surface area contributed by atoms with Crippen molar-refractivity contribution in [3.8, 4) is 0 Å². The van der Waals surface area contributed by atoms with Gasteiger partial charge in [-0.3, -0.25) is 4.79 Å². The second-order valence-corrected chi connectivity index (χ2v) is 5.26. The molecule has 1 aromatic rings. The van der Waals surface area contributed by atoms with E-state index >= 15 is 0 Å². The maximum Gasteiger partial charge on any atom is 0.264 e. The molecule has 0 aliphatic rings. The molecule has 0 unspecified atom stereocenters. The van der Waals surface area contributed by atoms with E-state index in [4.69, 9.17) is 18.0 Å². The molecule has 3 N–H and O–H groups in total.